The zero-order valence-electron chi connectivity index (χ0n) is 10.3. The lowest BCUT2D eigenvalue weighted by molar-refractivity contribution is 0.451. The van der Waals surface area contributed by atoms with Crippen LogP contribution in [0.15, 0.2) is 12.5 Å². The van der Waals surface area contributed by atoms with E-state index in [1.54, 1.807) is 0 Å². The molecule has 1 aromatic heterocycles. The van der Waals surface area contributed by atoms with E-state index in [1.807, 2.05) is 12.5 Å². The molecule has 0 bridgehead atoms. The van der Waals surface area contributed by atoms with Crippen LogP contribution in [0.5, 0.6) is 0 Å². The van der Waals surface area contributed by atoms with Crippen molar-refractivity contribution >= 4 is 0 Å². The first-order chi connectivity index (χ1) is 7.13. The van der Waals surface area contributed by atoms with Gasteiger partial charge in [0.25, 0.3) is 0 Å². The highest BCUT2D eigenvalue weighted by Crippen LogP contribution is 2.08. The molecule has 1 N–H and O–H groups in total. The van der Waals surface area contributed by atoms with Gasteiger partial charge in [-0.2, -0.15) is 0 Å². The first kappa shape index (κ1) is 12.2. The highest BCUT2D eigenvalue weighted by molar-refractivity contribution is 4.98. The standard InChI is InChI=1S/C12H23N3/c1-5-11(4)8-15-9-13-6-12(15)7-14-10(2)3/h6,9-11,14H,5,7-8H2,1-4H3. The average molecular weight is 209 g/mol. The monoisotopic (exact) mass is 209 g/mol. The number of hydrogen-bond acceptors (Lipinski definition) is 2. The van der Waals surface area contributed by atoms with Crippen molar-refractivity contribution in [3.63, 3.8) is 0 Å². The van der Waals surface area contributed by atoms with E-state index in [-0.39, 0.29) is 0 Å². The summed E-state index contributed by atoms with van der Waals surface area (Å²) in [5.41, 5.74) is 1.28. The highest BCUT2D eigenvalue weighted by Gasteiger charge is 2.05. The van der Waals surface area contributed by atoms with Gasteiger partial charge in [-0.3, -0.25) is 0 Å². The molecular weight excluding hydrogens is 186 g/mol. The van der Waals surface area contributed by atoms with E-state index in [2.05, 4.69) is 42.6 Å². The maximum atomic E-state index is 4.21. The van der Waals surface area contributed by atoms with Gasteiger partial charge in [-0.05, 0) is 5.92 Å². The van der Waals surface area contributed by atoms with E-state index in [9.17, 15) is 0 Å². The van der Waals surface area contributed by atoms with Gasteiger partial charge in [0.2, 0.25) is 0 Å². The van der Waals surface area contributed by atoms with Crippen molar-refractivity contribution in [2.24, 2.45) is 5.92 Å². The predicted octanol–water partition coefficient (Wildman–Crippen LogP) is 2.43. The van der Waals surface area contributed by atoms with Crippen molar-refractivity contribution in [3.8, 4) is 0 Å². The summed E-state index contributed by atoms with van der Waals surface area (Å²) in [7, 11) is 0. The fraction of sp³-hybridized carbons (Fsp3) is 0.750. The molecule has 0 aliphatic heterocycles. The van der Waals surface area contributed by atoms with Crippen LogP contribution in [0, 0.1) is 5.92 Å². The molecule has 1 rings (SSSR count). The first-order valence-corrected chi connectivity index (χ1v) is 5.85. The minimum absolute atomic E-state index is 0.525. The van der Waals surface area contributed by atoms with Crippen LogP contribution in [0.3, 0.4) is 0 Å². The topological polar surface area (TPSA) is 29.9 Å². The smallest absolute Gasteiger partial charge is 0.0948 e. The summed E-state index contributed by atoms with van der Waals surface area (Å²) >= 11 is 0. The van der Waals surface area contributed by atoms with Crippen molar-refractivity contribution in [1.82, 2.24) is 14.9 Å². The second-order valence-electron chi connectivity index (χ2n) is 4.59. The van der Waals surface area contributed by atoms with Crippen LogP contribution in [0.2, 0.25) is 0 Å². The molecule has 1 heterocycles. The Bertz CT molecular complexity index is 278. The van der Waals surface area contributed by atoms with Gasteiger partial charge in [0.15, 0.2) is 0 Å². The lowest BCUT2D eigenvalue weighted by atomic mass is 10.1. The Balaban J connectivity index is 2.53. The quantitative estimate of drug-likeness (QED) is 0.780. The van der Waals surface area contributed by atoms with Gasteiger partial charge in [0.05, 0.1) is 12.0 Å². The van der Waals surface area contributed by atoms with Crippen molar-refractivity contribution in [1.29, 1.82) is 0 Å². The van der Waals surface area contributed by atoms with Crippen LogP contribution in [0.4, 0.5) is 0 Å². The number of nitrogens with zero attached hydrogens (tertiary/aromatic N) is 2. The molecule has 0 fully saturated rings. The van der Waals surface area contributed by atoms with Gasteiger partial charge >= 0.3 is 0 Å². The van der Waals surface area contributed by atoms with Crippen LogP contribution in [0.1, 0.15) is 39.8 Å². The Morgan fingerprint density at radius 2 is 2.13 bits per heavy atom. The Kier molecular flexibility index (Phi) is 4.82. The lowest BCUT2D eigenvalue weighted by Gasteiger charge is -2.14. The third-order valence-electron chi connectivity index (χ3n) is 2.70. The van der Waals surface area contributed by atoms with E-state index in [0.717, 1.165) is 19.0 Å². The van der Waals surface area contributed by atoms with Gasteiger partial charge in [0, 0.05) is 25.3 Å². The fourth-order valence-electron chi connectivity index (χ4n) is 1.43. The van der Waals surface area contributed by atoms with Crippen molar-refractivity contribution in [2.75, 3.05) is 0 Å². The molecule has 0 amide bonds. The van der Waals surface area contributed by atoms with E-state index in [4.69, 9.17) is 0 Å². The molecule has 0 saturated heterocycles. The Hall–Kier alpha value is -0.830. The lowest BCUT2D eigenvalue weighted by Crippen LogP contribution is -2.23. The maximum absolute atomic E-state index is 4.21. The van der Waals surface area contributed by atoms with Crippen LogP contribution in [-0.4, -0.2) is 15.6 Å². The first-order valence-electron chi connectivity index (χ1n) is 5.85. The van der Waals surface area contributed by atoms with E-state index < -0.39 is 0 Å². The van der Waals surface area contributed by atoms with Crippen molar-refractivity contribution in [3.05, 3.63) is 18.2 Å². The molecule has 1 aromatic rings. The zero-order valence-corrected chi connectivity index (χ0v) is 10.3. The fourth-order valence-corrected chi connectivity index (χ4v) is 1.43. The summed E-state index contributed by atoms with van der Waals surface area (Å²) in [5, 5.41) is 3.42. The second-order valence-corrected chi connectivity index (χ2v) is 4.59. The van der Waals surface area contributed by atoms with Gasteiger partial charge in [0.1, 0.15) is 0 Å². The molecule has 0 radical (unpaired) electrons. The summed E-state index contributed by atoms with van der Waals surface area (Å²) in [6, 6.07) is 0.525. The number of aromatic nitrogens is 2. The van der Waals surface area contributed by atoms with Gasteiger partial charge in [-0.15, -0.1) is 0 Å². The molecule has 0 aliphatic rings. The maximum Gasteiger partial charge on any atom is 0.0948 e. The number of hydrogen-bond donors (Lipinski definition) is 1. The van der Waals surface area contributed by atoms with Crippen LogP contribution in [0.25, 0.3) is 0 Å². The van der Waals surface area contributed by atoms with Crippen LogP contribution >= 0.6 is 0 Å². The predicted molar refractivity (Wildman–Crippen MR) is 63.7 cm³/mol. The summed E-state index contributed by atoms with van der Waals surface area (Å²) in [4.78, 5) is 4.21. The van der Waals surface area contributed by atoms with E-state index >= 15 is 0 Å². The molecule has 1 unspecified atom stereocenters. The molecule has 0 aromatic carbocycles. The summed E-state index contributed by atoms with van der Waals surface area (Å²) in [6.07, 6.45) is 5.11. The van der Waals surface area contributed by atoms with Crippen molar-refractivity contribution in [2.45, 2.75) is 53.2 Å². The average Bonchev–Trinajstić information content (AvgIpc) is 2.62. The molecule has 3 heteroatoms. The summed E-state index contributed by atoms with van der Waals surface area (Å²) in [5.74, 6) is 0.719. The van der Waals surface area contributed by atoms with Crippen LogP contribution in [-0.2, 0) is 13.1 Å². The summed E-state index contributed by atoms with van der Waals surface area (Å²) < 4.78 is 2.25. The second kappa shape index (κ2) is 5.91. The molecule has 1 atom stereocenters. The normalized spacial score (nSPS) is 13.4. The van der Waals surface area contributed by atoms with Crippen LogP contribution < -0.4 is 5.32 Å². The zero-order chi connectivity index (χ0) is 11.3. The number of nitrogens with one attached hydrogen (secondary N) is 1. The minimum atomic E-state index is 0.525. The molecule has 86 valence electrons. The third-order valence-corrected chi connectivity index (χ3v) is 2.70. The summed E-state index contributed by atoms with van der Waals surface area (Å²) in [6.45, 7) is 10.8. The Morgan fingerprint density at radius 1 is 1.40 bits per heavy atom. The minimum Gasteiger partial charge on any atom is -0.333 e. The highest BCUT2D eigenvalue weighted by atomic mass is 15.1. The SMILES string of the molecule is CCC(C)Cn1cncc1CNC(C)C. The molecule has 0 saturated carbocycles. The van der Waals surface area contributed by atoms with Gasteiger partial charge < -0.3 is 9.88 Å². The van der Waals surface area contributed by atoms with Gasteiger partial charge in [-0.1, -0.05) is 34.1 Å². The molecule has 0 aliphatic carbocycles. The third kappa shape index (κ3) is 4.04. The largest absolute Gasteiger partial charge is 0.333 e. The Labute approximate surface area is 92.9 Å². The molecule has 0 spiro atoms. The molecule has 3 nitrogen and oxygen atoms in total. The molecular formula is C12H23N3. The number of rotatable bonds is 6. The van der Waals surface area contributed by atoms with E-state index in [1.165, 1.54) is 12.1 Å². The number of imidazole rings is 1. The van der Waals surface area contributed by atoms with Gasteiger partial charge in [-0.25, -0.2) is 4.98 Å². The Morgan fingerprint density at radius 3 is 2.73 bits per heavy atom. The molecule has 15 heavy (non-hydrogen) atoms. The van der Waals surface area contributed by atoms with E-state index in [0.29, 0.717) is 6.04 Å². The van der Waals surface area contributed by atoms with Crippen molar-refractivity contribution < 1.29 is 0 Å².